The summed E-state index contributed by atoms with van der Waals surface area (Å²) in [5.41, 5.74) is 5.13. The van der Waals surface area contributed by atoms with Crippen molar-refractivity contribution in [3.63, 3.8) is 0 Å². The molecule has 156 valence electrons. The highest BCUT2D eigenvalue weighted by atomic mass is 35.5. The molecular weight excluding hydrogens is 391 g/mol. The van der Waals surface area contributed by atoms with Crippen molar-refractivity contribution in [1.82, 2.24) is 10.2 Å². The Morgan fingerprint density at radius 3 is 2.18 bits per heavy atom. The Hall–Kier alpha value is -1.26. The average Bonchev–Trinajstić information content (AvgIpc) is 2.67. The van der Waals surface area contributed by atoms with Gasteiger partial charge in [0, 0.05) is 32.2 Å². The van der Waals surface area contributed by atoms with Gasteiger partial charge in [0.25, 0.3) is 0 Å². The van der Waals surface area contributed by atoms with E-state index in [9.17, 15) is 0 Å². The smallest absolute Gasteiger partial charge is 0.125 e. The first kappa shape index (κ1) is 24.8. The largest absolute Gasteiger partial charge is 0.488 e. The maximum atomic E-state index is 6.17. The molecular formula is C23H34Cl2N2O. The lowest BCUT2D eigenvalue weighted by molar-refractivity contribution is 0.164. The molecule has 1 aliphatic rings. The molecule has 0 unspecified atom stereocenters. The number of halogens is 2. The van der Waals surface area contributed by atoms with Crippen molar-refractivity contribution in [3.05, 3.63) is 64.7 Å². The van der Waals surface area contributed by atoms with E-state index >= 15 is 0 Å². The van der Waals surface area contributed by atoms with Crippen LogP contribution in [0.1, 0.15) is 48.1 Å². The zero-order valence-electron chi connectivity index (χ0n) is 17.2. The molecule has 0 radical (unpaired) electrons. The molecule has 0 bridgehead atoms. The predicted octanol–water partition coefficient (Wildman–Crippen LogP) is 5.47. The molecule has 1 fully saturated rings. The van der Waals surface area contributed by atoms with Gasteiger partial charge in [0.2, 0.25) is 0 Å². The molecule has 2 aromatic rings. The number of rotatable bonds is 7. The average molecular weight is 425 g/mol. The molecule has 1 N–H and O–H groups in total. The van der Waals surface area contributed by atoms with E-state index < -0.39 is 0 Å². The summed E-state index contributed by atoms with van der Waals surface area (Å²) in [7, 11) is 0. The quantitative estimate of drug-likeness (QED) is 0.637. The normalized spacial score (nSPS) is 15.2. The maximum absolute atomic E-state index is 6.17. The number of nitrogens with one attached hydrogen (secondary N) is 1. The Labute approximate surface area is 182 Å². The summed E-state index contributed by atoms with van der Waals surface area (Å²) in [5, 5.41) is 3.47. The lowest BCUT2D eigenvalue weighted by atomic mass is 9.95. The first-order chi connectivity index (χ1) is 12.7. The van der Waals surface area contributed by atoms with Gasteiger partial charge in [-0.1, -0.05) is 55.8 Å². The third-order valence-corrected chi connectivity index (χ3v) is 5.25. The summed E-state index contributed by atoms with van der Waals surface area (Å²) in [6.45, 7) is 11.7. The van der Waals surface area contributed by atoms with Crippen LogP contribution < -0.4 is 10.1 Å². The van der Waals surface area contributed by atoms with E-state index in [1.807, 2.05) is 6.07 Å². The topological polar surface area (TPSA) is 24.5 Å². The molecule has 1 heterocycles. The molecule has 0 saturated carbocycles. The van der Waals surface area contributed by atoms with Crippen molar-refractivity contribution in [2.75, 3.05) is 26.2 Å². The fourth-order valence-corrected chi connectivity index (χ4v) is 3.96. The number of hydrogen-bond acceptors (Lipinski definition) is 3. The molecule has 1 saturated heterocycles. The number of hydrogen-bond donors (Lipinski definition) is 1. The summed E-state index contributed by atoms with van der Waals surface area (Å²) in [6.07, 6.45) is 2.42. The Kier molecular flexibility index (Phi) is 10.9. The minimum absolute atomic E-state index is 0. The number of piperazine rings is 1. The van der Waals surface area contributed by atoms with Gasteiger partial charge in [0.1, 0.15) is 12.4 Å². The molecule has 28 heavy (non-hydrogen) atoms. The Bertz CT molecular complexity index is 680. The van der Waals surface area contributed by atoms with Gasteiger partial charge in [0.15, 0.2) is 0 Å². The summed E-state index contributed by atoms with van der Waals surface area (Å²) in [5.74, 6) is 1.04. The van der Waals surface area contributed by atoms with E-state index in [4.69, 9.17) is 4.74 Å². The van der Waals surface area contributed by atoms with Crippen LogP contribution in [-0.2, 0) is 6.61 Å². The van der Waals surface area contributed by atoms with Crippen LogP contribution in [0.5, 0.6) is 5.75 Å². The second-order valence-corrected chi connectivity index (χ2v) is 7.35. The Morgan fingerprint density at radius 1 is 1.00 bits per heavy atom. The molecule has 5 heteroatoms. The monoisotopic (exact) mass is 424 g/mol. The molecule has 0 aromatic heterocycles. The lowest BCUT2D eigenvalue weighted by Gasteiger charge is -2.35. The van der Waals surface area contributed by atoms with Gasteiger partial charge in [-0.2, -0.15) is 0 Å². The van der Waals surface area contributed by atoms with E-state index in [2.05, 4.69) is 67.4 Å². The third kappa shape index (κ3) is 6.38. The molecule has 0 aliphatic carbocycles. The molecule has 3 rings (SSSR count). The molecule has 0 spiro atoms. The van der Waals surface area contributed by atoms with Gasteiger partial charge in [-0.3, -0.25) is 4.90 Å². The van der Waals surface area contributed by atoms with Gasteiger partial charge in [0.05, 0.1) is 0 Å². The van der Waals surface area contributed by atoms with E-state index in [1.54, 1.807) is 0 Å². The molecule has 1 aliphatic heterocycles. The van der Waals surface area contributed by atoms with Gasteiger partial charge >= 0.3 is 0 Å². The van der Waals surface area contributed by atoms with Crippen molar-refractivity contribution in [3.8, 4) is 5.75 Å². The zero-order chi connectivity index (χ0) is 18.4. The zero-order valence-corrected chi connectivity index (χ0v) is 18.9. The maximum Gasteiger partial charge on any atom is 0.125 e. The number of aryl methyl sites for hydroxylation is 2. The fourth-order valence-electron chi connectivity index (χ4n) is 3.96. The van der Waals surface area contributed by atoms with Crippen molar-refractivity contribution in [2.24, 2.45) is 0 Å². The summed E-state index contributed by atoms with van der Waals surface area (Å²) >= 11 is 0. The standard InChI is InChI=1S/C23H32N2O.2ClH/c1-4-8-22(25-13-11-24-12-14-25)21-15-18(2)23(19(3)16-21)26-17-20-9-6-5-7-10-20;;/h5-7,9-10,15-16,22,24H,4,8,11-14,17H2,1-3H3;2*1H/t22-;;/m1../s1. The van der Waals surface area contributed by atoms with Crippen LogP contribution in [0.25, 0.3) is 0 Å². The second kappa shape index (κ2) is 12.3. The van der Waals surface area contributed by atoms with E-state index in [0.29, 0.717) is 12.6 Å². The molecule has 3 nitrogen and oxygen atoms in total. The van der Waals surface area contributed by atoms with Crippen molar-refractivity contribution in [2.45, 2.75) is 46.3 Å². The van der Waals surface area contributed by atoms with E-state index in [-0.39, 0.29) is 24.8 Å². The second-order valence-electron chi connectivity index (χ2n) is 7.35. The highest BCUT2D eigenvalue weighted by molar-refractivity contribution is 5.85. The molecule has 2 aromatic carbocycles. The van der Waals surface area contributed by atoms with Crippen LogP contribution in [-0.4, -0.2) is 31.1 Å². The summed E-state index contributed by atoms with van der Waals surface area (Å²) in [6, 6.07) is 15.6. The number of benzene rings is 2. The van der Waals surface area contributed by atoms with Crippen LogP contribution in [0.15, 0.2) is 42.5 Å². The van der Waals surface area contributed by atoms with Crippen LogP contribution in [0.3, 0.4) is 0 Å². The van der Waals surface area contributed by atoms with Crippen molar-refractivity contribution in [1.29, 1.82) is 0 Å². The minimum Gasteiger partial charge on any atom is -0.488 e. The van der Waals surface area contributed by atoms with Gasteiger partial charge in [-0.05, 0) is 42.5 Å². The highest BCUT2D eigenvalue weighted by Crippen LogP contribution is 2.32. The third-order valence-electron chi connectivity index (χ3n) is 5.25. The first-order valence-electron chi connectivity index (χ1n) is 9.91. The highest BCUT2D eigenvalue weighted by Gasteiger charge is 2.22. The van der Waals surface area contributed by atoms with E-state index in [0.717, 1.165) is 31.9 Å². The van der Waals surface area contributed by atoms with Gasteiger partial charge in [-0.25, -0.2) is 0 Å². The Balaban J connectivity index is 0.00000196. The minimum atomic E-state index is 0. The van der Waals surface area contributed by atoms with Crippen LogP contribution in [0.2, 0.25) is 0 Å². The summed E-state index contributed by atoms with van der Waals surface area (Å²) < 4.78 is 6.17. The fraction of sp³-hybridized carbons (Fsp3) is 0.478. The number of nitrogens with zero attached hydrogens (tertiary/aromatic N) is 1. The van der Waals surface area contributed by atoms with Crippen LogP contribution in [0.4, 0.5) is 0 Å². The predicted molar refractivity (Wildman–Crippen MR) is 123 cm³/mol. The molecule has 0 amide bonds. The first-order valence-corrected chi connectivity index (χ1v) is 9.91. The van der Waals surface area contributed by atoms with Crippen molar-refractivity contribution >= 4 is 24.8 Å². The van der Waals surface area contributed by atoms with E-state index in [1.165, 1.54) is 35.1 Å². The Morgan fingerprint density at radius 2 is 1.61 bits per heavy atom. The SMILES string of the molecule is CCC[C@H](c1cc(C)c(OCc2ccccc2)c(C)c1)N1CCNCC1.Cl.Cl. The van der Waals surface area contributed by atoms with Crippen molar-refractivity contribution < 1.29 is 4.74 Å². The van der Waals surface area contributed by atoms with Gasteiger partial charge in [-0.15, -0.1) is 24.8 Å². The van der Waals surface area contributed by atoms with Crippen LogP contribution in [0, 0.1) is 13.8 Å². The van der Waals surface area contributed by atoms with Crippen LogP contribution >= 0.6 is 24.8 Å². The number of ether oxygens (including phenoxy) is 1. The lowest BCUT2D eigenvalue weighted by Crippen LogP contribution is -2.45. The summed E-state index contributed by atoms with van der Waals surface area (Å²) in [4.78, 5) is 2.64. The molecule has 1 atom stereocenters. The van der Waals surface area contributed by atoms with Gasteiger partial charge < -0.3 is 10.1 Å².